The Morgan fingerprint density at radius 3 is 2.42 bits per heavy atom. The molecule has 102 valence electrons. The third-order valence-corrected chi connectivity index (χ3v) is 4.97. The Hall–Kier alpha value is -0.200. The Morgan fingerprint density at radius 2 is 1.89 bits per heavy atom. The molecule has 2 rings (SSSR count). The highest BCUT2D eigenvalue weighted by molar-refractivity contribution is 9.10. The zero-order valence-corrected chi connectivity index (χ0v) is 14.5. The van der Waals surface area contributed by atoms with Crippen LogP contribution in [0.2, 0.25) is 0 Å². The normalized spacial score (nSPS) is 14.3. The van der Waals surface area contributed by atoms with E-state index in [1.165, 1.54) is 0 Å². The maximum absolute atomic E-state index is 6.03. The van der Waals surface area contributed by atoms with Gasteiger partial charge >= 0.3 is 0 Å². The molecule has 1 aromatic carbocycles. The van der Waals surface area contributed by atoms with Gasteiger partial charge in [-0.1, -0.05) is 28.1 Å². The lowest BCUT2D eigenvalue weighted by molar-refractivity contribution is 0.0282. The number of halogens is 2. The number of benzene rings is 1. The molecule has 0 aliphatic heterocycles. The number of thiophene rings is 1. The summed E-state index contributed by atoms with van der Waals surface area (Å²) in [5, 5.41) is 2.05. The first-order valence-corrected chi connectivity index (χ1v) is 8.38. The lowest BCUT2D eigenvalue weighted by Gasteiger charge is -2.20. The SMILES string of the molecule is CC(N)C(OCc1ccc(Br)cc1)c1cc(Br)cs1. The van der Waals surface area contributed by atoms with E-state index in [2.05, 4.69) is 37.9 Å². The van der Waals surface area contributed by atoms with Gasteiger partial charge in [0.25, 0.3) is 0 Å². The van der Waals surface area contributed by atoms with Crippen LogP contribution in [0.25, 0.3) is 0 Å². The lowest BCUT2D eigenvalue weighted by atomic mass is 10.1. The Kier molecular flexibility index (Phi) is 5.59. The van der Waals surface area contributed by atoms with Crippen LogP contribution < -0.4 is 5.73 Å². The van der Waals surface area contributed by atoms with Gasteiger partial charge in [-0.2, -0.15) is 0 Å². The van der Waals surface area contributed by atoms with Crippen molar-refractivity contribution in [2.75, 3.05) is 0 Å². The molecule has 0 radical (unpaired) electrons. The maximum Gasteiger partial charge on any atom is 0.107 e. The van der Waals surface area contributed by atoms with Gasteiger partial charge in [-0.3, -0.25) is 0 Å². The van der Waals surface area contributed by atoms with Crippen molar-refractivity contribution in [3.63, 3.8) is 0 Å². The fourth-order valence-electron chi connectivity index (χ4n) is 1.74. The van der Waals surface area contributed by atoms with E-state index in [4.69, 9.17) is 10.5 Å². The molecule has 1 aromatic heterocycles. The minimum absolute atomic E-state index is 0.0407. The Labute approximate surface area is 134 Å². The average molecular weight is 405 g/mol. The van der Waals surface area contributed by atoms with Crippen molar-refractivity contribution in [1.82, 2.24) is 0 Å². The van der Waals surface area contributed by atoms with Gasteiger partial charge in [-0.05, 0) is 46.6 Å². The van der Waals surface area contributed by atoms with Crippen LogP contribution in [-0.4, -0.2) is 6.04 Å². The molecule has 0 spiro atoms. The molecule has 2 nitrogen and oxygen atoms in total. The third-order valence-electron chi connectivity index (χ3n) is 2.69. The lowest BCUT2D eigenvalue weighted by Crippen LogP contribution is -2.26. The predicted molar refractivity (Wildman–Crippen MR) is 87.3 cm³/mol. The van der Waals surface area contributed by atoms with Gasteiger partial charge in [0.2, 0.25) is 0 Å². The molecule has 0 amide bonds. The number of nitrogens with two attached hydrogens (primary N) is 1. The van der Waals surface area contributed by atoms with E-state index in [0.717, 1.165) is 19.4 Å². The molecule has 0 saturated carbocycles. The molecule has 0 fully saturated rings. The van der Waals surface area contributed by atoms with Crippen LogP contribution in [-0.2, 0) is 11.3 Å². The van der Waals surface area contributed by atoms with E-state index in [1.807, 2.05) is 36.6 Å². The van der Waals surface area contributed by atoms with Crippen LogP contribution in [0.3, 0.4) is 0 Å². The van der Waals surface area contributed by atoms with Crippen molar-refractivity contribution in [2.24, 2.45) is 5.73 Å². The van der Waals surface area contributed by atoms with Crippen LogP contribution in [0.5, 0.6) is 0 Å². The average Bonchev–Trinajstić information content (AvgIpc) is 2.78. The second-order valence-corrected chi connectivity index (χ2v) is 7.16. The maximum atomic E-state index is 6.03. The second kappa shape index (κ2) is 6.99. The predicted octanol–water partition coefficient (Wildman–Crippen LogP) is 4.88. The van der Waals surface area contributed by atoms with E-state index in [1.54, 1.807) is 11.3 Å². The number of rotatable bonds is 5. The van der Waals surface area contributed by atoms with Crippen LogP contribution in [0.15, 0.2) is 44.7 Å². The summed E-state index contributed by atoms with van der Waals surface area (Å²) in [6.45, 7) is 2.54. The minimum atomic E-state index is -0.0695. The Morgan fingerprint density at radius 1 is 1.21 bits per heavy atom. The third kappa shape index (κ3) is 4.39. The highest BCUT2D eigenvalue weighted by Crippen LogP contribution is 2.30. The fraction of sp³-hybridized carbons (Fsp3) is 0.286. The van der Waals surface area contributed by atoms with Gasteiger partial charge in [0, 0.05) is 25.2 Å². The summed E-state index contributed by atoms with van der Waals surface area (Å²) < 4.78 is 8.12. The van der Waals surface area contributed by atoms with Gasteiger partial charge in [-0.25, -0.2) is 0 Å². The molecule has 19 heavy (non-hydrogen) atoms. The molecule has 2 atom stereocenters. The van der Waals surface area contributed by atoms with Gasteiger partial charge < -0.3 is 10.5 Å². The van der Waals surface area contributed by atoms with Gasteiger partial charge in [0.05, 0.1) is 6.61 Å². The zero-order chi connectivity index (χ0) is 13.8. The zero-order valence-electron chi connectivity index (χ0n) is 10.5. The summed E-state index contributed by atoms with van der Waals surface area (Å²) in [7, 11) is 0. The molecular weight excluding hydrogens is 390 g/mol. The molecule has 2 unspecified atom stereocenters. The smallest absolute Gasteiger partial charge is 0.107 e. The summed E-state index contributed by atoms with van der Waals surface area (Å²) in [4.78, 5) is 1.15. The molecule has 2 N–H and O–H groups in total. The summed E-state index contributed by atoms with van der Waals surface area (Å²) in [6.07, 6.45) is -0.0695. The molecule has 5 heteroatoms. The molecule has 1 heterocycles. The van der Waals surface area contributed by atoms with E-state index in [9.17, 15) is 0 Å². The fourth-order valence-corrected chi connectivity index (χ4v) is 3.61. The summed E-state index contributed by atoms with van der Waals surface area (Å²) in [5.41, 5.74) is 7.17. The first kappa shape index (κ1) is 15.2. The van der Waals surface area contributed by atoms with Gasteiger partial charge in [0.1, 0.15) is 6.10 Å². The van der Waals surface area contributed by atoms with Crippen molar-refractivity contribution in [2.45, 2.75) is 25.7 Å². The summed E-state index contributed by atoms with van der Waals surface area (Å²) in [6, 6.07) is 10.2. The quantitative estimate of drug-likeness (QED) is 0.770. The van der Waals surface area contributed by atoms with Gasteiger partial charge in [-0.15, -0.1) is 11.3 Å². The second-order valence-electron chi connectivity index (χ2n) is 4.38. The monoisotopic (exact) mass is 403 g/mol. The Balaban J connectivity index is 2.03. The topological polar surface area (TPSA) is 35.2 Å². The first-order valence-electron chi connectivity index (χ1n) is 5.92. The summed E-state index contributed by atoms with van der Waals surface area (Å²) in [5.74, 6) is 0. The minimum Gasteiger partial charge on any atom is -0.366 e. The number of ether oxygens (including phenoxy) is 1. The van der Waals surface area contributed by atoms with E-state index >= 15 is 0 Å². The molecule has 0 aliphatic carbocycles. The molecule has 0 bridgehead atoms. The highest BCUT2D eigenvalue weighted by atomic mass is 79.9. The number of hydrogen-bond donors (Lipinski definition) is 1. The van der Waals surface area contributed by atoms with E-state index in [0.29, 0.717) is 6.61 Å². The van der Waals surface area contributed by atoms with Gasteiger partial charge in [0.15, 0.2) is 0 Å². The van der Waals surface area contributed by atoms with Crippen LogP contribution in [0.4, 0.5) is 0 Å². The highest BCUT2D eigenvalue weighted by Gasteiger charge is 2.18. The largest absolute Gasteiger partial charge is 0.366 e. The Bertz CT molecular complexity index is 524. The summed E-state index contributed by atoms with van der Waals surface area (Å²) >= 11 is 8.55. The van der Waals surface area contributed by atoms with Crippen molar-refractivity contribution >= 4 is 43.2 Å². The van der Waals surface area contributed by atoms with Crippen LogP contribution in [0, 0.1) is 0 Å². The molecule has 0 saturated heterocycles. The van der Waals surface area contributed by atoms with Crippen molar-refractivity contribution in [1.29, 1.82) is 0 Å². The van der Waals surface area contributed by atoms with Crippen molar-refractivity contribution in [3.8, 4) is 0 Å². The van der Waals surface area contributed by atoms with Crippen molar-refractivity contribution < 1.29 is 4.74 Å². The molecule has 2 aromatic rings. The van der Waals surface area contributed by atoms with Crippen LogP contribution in [0.1, 0.15) is 23.5 Å². The first-order chi connectivity index (χ1) is 9.06. The molecule has 0 aliphatic rings. The standard InChI is InChI=1S/C14H15Br2NOS/c1-9(17)14(13-6-12(16)8-19-13)18-7-10-2-4-11(15)5-3-10/h2-6,8-9,14H,7,17H2,1H3. The molecular formula is C14H15Br2NOS. The van der Waals surface area contributed by atoms with Crippen LogP contribution >= 0.6 is 43.2 Å². The van der Waals surface area contributed by atoms with Crippen molar-refractivity contribution in [3.05, 3.63) is 55.1 Å². The van der Waals surface area contributed by atoms with E-state index in [-0.39, 0.29) is 12.1 Å². The van der Waals surface area contributed by atoms with E-state index < -0.39 is 0 Å². The number of hydrogen-bond acceptors (Lipinski definition) is 3.